The maximum Gasteiger partial charge on any atom is 0.244 e. The lowest BCUT2D eigenvalue weighted by Gasteiger charge is -2.12. The molecule has 100 valence electrons. The number of benzene rings is 1. The number of nitrogens with zero attached hydrogens (tertiary/aromatic N) is 3. The molecule has 0 aliphatic rings. The Morgan fingerprint density at radius 3 is 2.89 bits per heavy atom. The van der Waals surface area contributed by atoms with E-state index in [1.165, 1.54) is 17.3 Å². The molecule has 0 fully saturated rings. The van der Waals surface area contributed by atoms with Crippen LogP contribution in [0.15, 0.2) is 43.0 Å². The number of hydrogen-bond acceptors (Lipinski definition) is 4. The summed E-state index contributed by atoms with van der Waals surface area (Å²) in [5, 5.41) is 6.71. The van der Waals surface area contributed by atoms with Gasteiger partial charge in [-0.1, -0.05) is 18.2 Å². The van der Waals surface area contributed by atoms with Crippen LogP contribution in [0, 0.1) is 0 Å². The molecule has 0 aliphatic heterocycles. The van der Waals surface area contributed by atoms with Crippen LogP contribution < -0.4 is 10.1 Å². The maximum atomic E-state index is 11.8. The third-order valence-electron chi connectivity index (χ3n) is 2.63. The van der Waals surface area contributed by atoms with Crippen molar-refractivity contribution in [2.45, 2.75) is 13.0 Å². The minimum atomic E-state index is -0.376. The average molecular weight is 260 g/mol. The molecule has 0 aliphatic carbocycles. The second kappa shape index (κ2) is 6.53. The Labute approximate surface area is 111 Å². The molecule has 1 aromatic heterocycles. The lowest BCUT2D eigenvalue weighted by Crippen LogP contribution is -2.34. The molecule has 1 unspecified atom stereocenters. The Morgan fingerprint density at radius 1 is 1.42 bits per heavy atom. The smallest absolute Gasteiger partial charge is 0.244 e. The quantitative estimate of drug-likeness (QED) is 0.788. The van der Waals surface area contributed by atoms with Gasteiger partial charge in [0, 0.05) is 0 Å². The summed E-state index contributed by atoms with van der Waals surface area (Å²) in [6, 6.07) is 9.11. The van der Waals surface area contributed by atoms with Crippen molar-refractivity contribution >= 4 is 5.91 Å². The summed E-state index contributed by atoms with van der Waals surface area (Å²) in [6.45, 7) is 2.65. The second-order valence-corrected chi connectivity index (χ2v) is 4.00. The van der Waals surface area contributed by atoms with Gasteiger partial charge in [-0.2, -0.15) is 5.10 Å². The van der Waals surface area contributed by atoms with Crippen molar-refractivity contribution in [1.82, 2.24) is 20.1 Å². The molecule has 19 heavy (non-hydrogen) atoms. The van der Waals surface area contributed by atoms with Crippen LogP contribution in [-0.4, -0.2) is 33.8 Å². The molecule has 6 heteroatoms. The van der Waals surface area contributed by atoms with Gasteiger partial charge in [0.15, 0.2) is 0 Å². The lowest BCUT2D eigenvalue weighted by molar-refractivity contribution is -0.124. The van der Waals surface area contributed by atoms with Gasteiger partial charge >= 0.3 is 0 Å². The lowest BCUT2D eigenvalue weighted by atomic mass is 10.3. The van der Waals surface area contributed by atoms with Crippen molar-refractivity contribution in [2.75, 3.05) is 13.2 Å². The van der Waals surface area contributed by atoms with E-state index < -0.39 is 0 Å². The first-order valence-electron chi connectivity index (χ1n) is 6.07. The number of rotatable bonds is 6. The minimum Gasteiger partial charge on any atom is -0.492 e. The van der Waals surface area contributed by atoms with Gasteiger partial charge in [0.1, 0.15) is 31.1 Å². The van der Waals surface area contributed by atoms with Crippen LogP contribution in [0.5, 0.6) is 5.75 Å². The molecular weight excluding hydrogens is 244 g/mol. The van der Waals surface area contributed by atoms with Crippen molar-refractivity contribution in [2.24, 2.45) is 0 Å². The van der Waals surface area contributed by atoms with E-state index in [1.807, 2.05) is 30.3 Å². The van der Waals surface area contributed by atoms with E-state index in [0.717, 1.165) is 5.75 Å². The minimum absolute atomic E-state index is 0.109. The van der Waals surface area contributed by atoms with Crippen LogP contribution in [0.25, 0.3) is 0 Å². The first-order chi connectivity index (χ1) is 9.27. The highest BCUT2D eigenvalue weighted by atomic mass is 16.5. The number of para-hydroxylation sites is 1. The van der Waals surface area contributed by atoms with Gasteiger partial charge in [0.25, 0.3) is 0 Å². The van der Waals surface area contributed by atoms with Gasteiger partial charge in [-0.15, -0.1) is 0 Å². The molecule has 2 aromatic rings. The Bertz CT molecular complexity index is 499. The molecule has 2 rings (SSSR count). The van der Waals surface area contributed by atoms with E-state index in [1.54, 1.807) is 6.92 Å². The number of carbonyl (C=O) groups excluding carboxylic acids is 1. The highest BCUT2D eigenvalue weighted by Crippen LogP contribution is 2.07. The zero-order valence-electron chi connectivity index (χ0n) is 10.7. The number of nitrogens with one attached hydrogen (secondary N) is 1. The van der Waals surface area contributed by atoms with E-state index in [9.17, 15) is 4.79 Å². The Hall–Kier alpha value is -2.37. The van der Waals surface area contributed by atoms with E-state index in [0.29, 0.717) is 13.2 Å². The van der Waals surface area contributed by atoms with Gasteiger partial charge in [0.05, 0.1) is 6.54 Å². The van der Waals surface area contributed by atoms with Crippen LogP contribution in [-0.2, 0) is 4.79 Å². The largest absolute Gasteiger partial charge is 0.492 e. The predicted molar refractivity (Wildman–Crippen MR) is 69.7 cm³/mol. The highest BCUT2D eigenvalue weighted by Gasteiger charge is 2.14. The monoisotopic (exact) mass is 260 g/mol. The van der Waals surface area contributed by atoms with Crippen LogP contribution in [0.3, 0.4) is 0 Å². The average Bonchev–Trinajstić information content (AvgIpc) is 2.98. The van der Waals surface area contributed by atoms with Gasteiger partial charge in [-0.25, -0.2) is 9.67 Å². The fourth-order valence-corrected chi connectivity index (χ4v) is 1.55. The van der Waals surface area contributed by atoms with Crippen molar-refractivity contribution in [1.29, 1.82) is 0 Å². The fourth-order valence-electron chi connectivity index (χ4n) is 1.55. The molecular formula is C13H16N4O2. The first-order valence-corrected chi connectivity index (χ1v) is 6.07. The summed E-state index contributed by atoms with van der Waals surface area (Å²) in [5.41, 5.74) is 0. The fraction of sp³-hybridized carbons (Fsp3) is 0.308. The molecule has 0 spiro atoms. The number of hydrogen-bond donors (Lipinski definition) is 1. The van der Waals surface area contributed by atoms with Gasteiger partial charge in [-0.3, -0.25) is 4.79 Å². The molecule has 0 saturated heterocycles. The highest BCUT2D eigenvalue weighted by molar-refractivity contribution is 5.79. The Balaban J connectivity index is 1.70. The van der Waals surface area contributed by atoms with Crippen LogP contribution in [0.2, 0.25) is 0 Å². The number of aromatic nitrogens is 3. The van der Waals surface area contributed by atoms with Crippen molar-refractivity contribution < 1.29 is 9.53 Å². The van der Waals surface area contributed by atoms with Crippen LogP contribution in [0.1, 0.15) is 13.0 Å². The number of ether oxygens (including phenoxy) is 1. The Morgan fingerprint density at radius 2 is 2.21 bits per heavy atom. The van der Waals surface area contributed by atoms with E-state index >= 15 is 0 Å². The summed E-state index contributed by atoms with van der Waals surface area (Å²) in [4.78, 5) is 15.6. The zero-order valence-corrected chi connectivity index (χ0v) is 10.7. The summed E-state index contributed by atoms with van der Waals surface area (Å²) < 4.78 is 6.98. The van der Waals surface area contributed by atoms with Gasteiger partial charge in [-0.05, 0) is 19.1 Å². The third-order valence-corrected chi connectivity index (χ3v) is 2.63. The van der Waals surface area contributed by atoms with E-state index in [4.69, 9.17) is 4.74 Å². The standard InChI is InChI=1S/C13H16N4O2/c1-11(17-10-14-9-16-17)13(18)15-7-8-19-12-5-3-2-4-6-12/h2-6,9-11H,7-8H2,1H3,(H,15,18). The van der Waals surface area contributed by atoms with E-state index in [2.05, 4.69) is 15.4 Å². The summed E-state index contributed by atoms with van der Waals surface area (Å²) >= 11 is 0. The van der Waals surface area contributed by atoms with E-state index in [-0.39, 0.29) is 11.9 Å². The van der Waals surface area contributed by atoms with Crippen LogP contribution in [0.4, 0.5) is 0 Å². The molecule has 1 amide bonds. The first kappa shape index (κ1) is 13.1. The predicted octanol–water partition coefficient (Wildman–Crippen LogP) is 1.03. The molecule has 0 bridgehead atoms. The maximum absolute atomic E-state index is 11.8. The summed E-state index contributed by atoms with van der Waals surface area (Å²) in [5.74, 6) is 0.684. The molecule has 1 atom stereocenters. The number of amides is 1. The Kier molecular flexibility index (Phi) is 4.49. The van der Waals surface area contributed by atoms with Gasteiger partial charge in [0.2, 0.25) is 5.91 Å². The third kappa shape index (κ3) is 3.80. The molecule has 0 saturated carbocycles. The molecule has 1 N–H and O–H groups in total. The summed E-state index contributed by atoms with van der Waals surface area (Å²) in [6.07, 6.45) is 2.92. The SMILES string of the molecule is CC(C(=O)NCCOc1ccccc1)n1cncn1. The summed E-state index contributed by atoms with van der Waals surface area (Å²) in [7, 11) is 0. The molecule has 0 radical (unpaired) electrons. The molecule has 1 aromatic carbocycles. The van der Waals surface area contributed by atoms with Crippen molar-refractivity contribution in [3.8, 4) is 5.75 Å². The normalized spacial score (nSPS) is 11.8. The van der Waals surface area contributed by atoms with Crippen LogP contribution >= 0.6 is 0 Å². The molecule has 1 heterocycles. The van der Waals surface area contributed by atoms with Crippen molar-refractivity contribution in [3.05, 3.63) is 43.0 Å². The second-order valence-electron chi connectivity index (χ2n) is 4.00. The topological polar surface area (TPSA) is 69.0 Å². The van der Waals surface area contributed by atoms with Gasteiger partial charge < -0.3 is 10.1 Å². The van der Waals surface area contributed by atoms with Crippen molar-refractivity contribution in [3.63, 3.8) is 0 Å². The molecule has 6 nitrogen and oxygen atoms in total. The zero-order chi connectivity index (χ0) is 13.5. The number of carbonyl (C=O) groups is 1.